The van der Waals surface area contributed by atoms with Gasteiger partial charge in [-0.05, 0) is 0 Å². The van der Waals surface area contributed by atoms with E-state index in [-0.39, 0.29) is 0 Å². The molecule has 1 heterocycles. The summed E-state index contributed by atoms with van der Waals surface area (Å²) < 4.78 is 4.80. The van der Waals surface area contributed by atoms with Crippen LogP contribution in [0.25, 0.3) is 22.7 Å². The maximum atomic E-state index is 4.64. The minimum absolute atomic E-state index is 0.598. The Morgan fingerprint density at radius 2 is 1.81 bits per heavy atom. The van der Waals surface area contributed by atoms with E-state index in [2.05, 4.69) is 102 Å². The van der Waals surface area contributed by atoms with Crippen molar-refractivity contribution in [2.45, 2.75) is 17.0 Å². The SMILES string of the molecule is CCl.Cc1cc2ccccc2n1C1=Cc2ccccc2[CH]1[Zr][C]1=CC=CC1. The van der Waals surface area contributed by atoms with Crippen LogP contribution in [0.3, 0.4) is 0 Å². The summed E-state index contributed by atoms with van der Waals surface area (Å²) >= 11 is 3.92. The number of alkyl halides is 1. The van der Waals surface area contributed by atoms with Gasteiger partial charge in [0.05, 0.1) is 0 Å². The molecule has 0 saturated heterocycles. The molecule has 0 radical (unpaired) electrons. The van der Waals surface area contributed by atoms with Gasteiger partial charge in [-0.25, -0.2) is 0 Å². The summed E-state index contributed by atoms with van der Waals surface area (Å²) in [4.78, 5) is 0. The summed E-state index contributed by atoms with van der Waals surface area (Å²) in [6.07, 6.45) is 12.0. The second kappa shape index (κ2) is 8.17. The van der Waals surface area contributed by atoms with E-state index in [0.29, 0.717) is 3.63 Å². The number of halogens is 1. The molecular weight excluding hydrogens is 429 g/mol. The molecule has 0 amide bonds. The Morgan fingerprint density at radius 1 is 1.04 bits per heavy atom. The molecule has 1 aromatic heterocycles. The Kier molecular flexibility index (Phi) is 5.66. The van der Waals surface area contributed by atoms with Gasteiger partial charge in [-0.1, -0.05) is 0 Å². The third kappa shape index (κ3) is 3.46. The molecule has 5 rings (SSSR count). The normalized spacial score (nSPS) is 17.2. The summed E-state index contributed by atoms with van der Waals surface area (Å²) in [6.45, 7) is 2.24. The van der Waals surface area contributed by atoms with E-state index in [0.717, 1.165) is 0 Å². The predicted octanol–water partition coefficient (Wildman–Crippen LogP) is 6.78. The van der Waals surface area contributed by atoms with Crippen LogP contribution in [0.2, 0.25) is 0 Å². The van der Waals surface area contributed by atoms with E-state index in [1.54, 1.807) is 3.28 Å². The van der Waals surface area contributed by atoms with Crippen molar-refractivity contribution in [1.29, 1.82) is 0 Å². The van der Waals surface area contributed by atoms with E-state index in [1.807, 2.05) is 0 Å². The van der Waals surface area contributed by atoms with Crippen LogP contribution in [0.15, 0.2) is 76.1 Å². The fraction of sp³-hybridized carbons (Fsp3) is 0.167. The first-order chi connectivity index (χ1) is 13.3. The monoisotopic (exact) mass is 449 g/mol. The first-order valence-electron chi connectivity index (χ1n) is 9.19. The van der Waals surface area contributed by atoms with E-state index >= 15 is 0 Å². The zero-order valence-corrected chi connectivity index (χ0v) is 18.8. The Hall–Kier alpha value is -1.63. The molecule has 0 N–H and O–H groups in total. The van der Waals surface area contributed by atoms with Crippen LogP contribution in [0.5, 0.6) is 0 Å². The van der Waals surface area contributed by atoms with Crippen molar-refractivity contribution in [2.75, 3.05) is 6.38 Å². The third-order valence-electron chi connectivity index (χ3n) is 5.16. The number of aryl methyl sites for hydroxylation is 1. The Bertz CT molecular complexity index is 1070. The van der Waals surface area contributed by atoms with Gasteiger partial charge in [-0.15, -0.1) is 11.6 Å². The molecule has 0 aliphatic heterocycles. The standard InChI is InChI=1S/C18H14N.C5H5.CH3Cl.Zr/c1-13-10-16-8-4-5-9-18(16)19(13)17-11-14-6-2-3-7-15(14)12-17;1-2-4-5-3-1;1-2;/h2-12H,1H3;1-3H,4H2;1H3;. The van der Waals surface area contributed by atoms with Crippen LogP contribution < -0.4 is 0 Å². The molecular formula is C24H22ClNZr. The van der Waals surface area contributed by atoms with Gasteiger partial charge in [0.15, 0.2) is 0 Å². The van der Waals surface area contributed by atoms with Gasteiger partial charge in [-0.2, -0.15) is 0 Å². The molecule has 3 aromatic rings. The van der Waals surface area contributed by atoms with Crippen LogP contribution >= 0.6 is 11.6 Å². The van der Waals surface area contributed by atoms with Crippen LogP contribution in [0, 0.1) is 6.92 Å². The van der Waals surface area contributed by atoms with E-state index in [9.17, 15) is 0 Å². The fourth-order valence-electron chi connectivity index (χ4n) is 4.03. The molecule has 2 aromatic carbocycles. The molecule has 0 spiro atoms. The summed E-state index contributed by atoms with van der Waals surface area (Å²) in [5, 5.41) is 1.34. The molecule has 0 fully saturated rings. The Morgan fingerprint density at radius 3 is 2.63 bits per heavy atom. The average molecular weight is 451 g/mol. The molecule has 0 saturated carbocycles. The molecule has 134 valence electrons. The number of allylic oxidation sites excluding steroid dienone is 5. The first kappa shape index (κ1) is 18.7. The van der Waals surface area contributed by atoms with Crippen molar-refractivity contribution in [3.63, 3.8) is 0 Å². The van der Waals surface area contributed by atoms with Crippen molar-refractivity contribution in [1.82, 2.24) is 4.57 Å². The molecule has 2 aliphatic rings. The summed E-state index contributed by atoms with van der Waals surface area (Å²) in [7, 11) is 0. The number of aromatic nitrogens is 1. The second-order valence-corrected chi connectivity index (χ2v) is 10.5. The number of para-hydroxylation sites is 1. The molecule has 0 bridgehead atoms. The zero-order chi connectivity index (χ0) is 18.8. The molecule has 3 heteroatoms. The molecule has 2 aliphatic carbocycles. The quantitative estimate of drug-likeness (QED) is 0.387. The van der Waals surface area contributed by atoms with Crippen molar-refractivity contribution >= 4 is 34.3 Å². The second-order valence-electron chi connectivity index (χ2n) is 6.78. The Labute approximate surface area is 177 Å². The van der Waals surface area contributed by atoms with Gasteiger partial charge < -0.3 is 0 Å². The van der Waals surface area contributed by atoms with Gasteiger partial charge in [0.25, 0.3) is 0 Å². The number of nitrogens with zero attached hydrogens (tertiary/aromatic N) is 1. The van der Waals surface area contributed by atoms with Crippen LogP contribution in [-0.2, 0) is 23.2 Å². The fourth-order valence-corrected chi connectivity index (χ4v) is 7.91. The number of fused-ring (bicyclic) bond motifs is 2. The average Bonchev–Trinajstić information content (AvgIpc) is 3.41. The molecule has 27 heavy (non-hydrogen) atoms. The van der Waals surface area contributed by atoms with Gasteiger partial charge in [0.1, 0.15) is 0 Å². The zero-order valence-electron chi connectivity index (χ0n) is 15.6. The predicted molar refractivity (Wildman–Crippen MR) is 114 cm³/mol. The third-order valence-corrected chi connectivity index (χ3v) is 9.18. The van der Waals surface area contributed by atoms with Gasteiger partial charge in [0.2, 0.25) is 0 Å². The molecule has 1 unspecified atom stereocenters. The first-order valence-corrected chi connectivity index (χ1v) is 12.6. The van der Waals surface area contributed by atoms with E-state index in [4.69, 9.17) is 0 Å². The number of hydrogen-bond acceptors (Lipinski definition) is 0. The van der Waals surface area contributed by atoms with Crippen LogP contribution in [0.1, 0.15) is 26.9 Å². The summed E-state index contributed by atoms with van der Waals surface area (Å²) in [5.41, 5.74) is 7.10. The number of rotatable bonds is 3. The topological polar surface area (TPSA) is 4.93 Å². The number of benzene rings is 2. The van der Waals surface area contributed by atoms with Crippen molar-refractivity contribution < 1.29 is 23.2 Å². The van der Waals surface area contributed by atoms with Crippen LogP contribution in [0.4, 0.5) is 0 Å². The van der Waals surface area contributed by atoms with Gasteiger partial charge >= 0.3 is 160 Å². The van der Waals surface area contributed by atoms with Gasteiger partial charge in [0, 0.05) is 6.38 Å². The van der Waals surface area contributed by atoms with Crippen molar-refractivity contribution in [3.8, 4) is 0 Å². The van der Waals surface area contributed by atoms with Gasteiger partial charge in [-0.3, -0.25) is 0 Å². The summed E-state index contributed by atoms with van der Waals surface area (Å²) in [5.74, 6) is 0. The van der Waals surface area contributed by atoms with Crippen molar-refractivity contribution in [3.05, 3.63) is 92.9 Å². The maximum absolute atomic E-state index is 4.64. The van der Waals surface area contributed by atoms with E-state index in [1.165, 1.54) is 46.2 Å². The minimum atomic E-state index is -0.720. The number of hydrogen-bond donors (Lipinski definition) is 0. The van der Waals surface area contributed by atoms with Crippen molar-refractivity contribution in [2.24, 2.45) is 0 Å². The summed E-state index contributed by atoms with van der Waals surface area (Å²) in [6, 6.07) is 20.1. The molecule has 1 atom stereocenters. The van der Waals surface area contributed by atoms with E-state index < -0.39 is 23.2 Å². The van der Waals surface area contributed by atoms with Crippen LogP contribution in [-0.4, -0.2) is 11.0 Å². The molecule has 1 nitrogen and oxygen atoms in total. The Balaban J connectivity index is 0.000000872.